The molecule has 4 nitrogen and oxygen atoms in total. The Bertz CT molecular complexity index is 326. The summed E-state index contributed by atoms with van der Waals surface area (Å²) < 4.78 is 0. The van der Waals surface area contributed by atoms with E-state index in [4.69, 9.17) is 0 Å². The second-order valence-electron chi connectivity index (χ2n) is 3.92. The van der Waals surface area contributed by atoms with Crippen molar-refractivity contribution < 1.29 is 0 Å². The van der Waals surface area contributed by atoms with Crippen LogP contribution in [0.4, 0.5) is 11.6 Å². The molecule has 0 amide bonds. The number of nitrogens with one attached hydrogen (secondary N) is 2. The van der Waals surface area contributed by atoms with Gasteiger partial charge in [0.05, 0.1) is 12.4 Å². The predicted octanol–water partition coefficient (Wildman–Crippen LogP) is 2.22. The number of hydrogen-bond acceptors (Lipinski definition) is 5. The number of hydrogen-bond donors (Lipinski definition) is 2. The van der Waals surface area contributed by atoms with Crippen molar-refractivity contribution in [2.45, 2.75) is 25.8 Å². The van der Waals surface area contributed by atoms with Crippen molar-refractivity contribution in [1.29, 1.82) is 0 Å². The van der Waals surface area contributed by atoms with E-state index in [0.29, 0.717) is 6.04 Å². The van der Waals surface area contributed by atoms with Crippen LogP contribution in [-0.4, -0.2) is 34.1 Å². The molecular weight excluding hydrogens is 220 g/mol. The summed E-state index contributed by atoms with van der Waals surface area (Å²) in [5, 5.41) is 6.66. The molecule has 0 aromatic carbocycles. The molecule has 1 fully saturated rings. The van der Waals surface area contributed by atoms with Gasteiger partial charge in [-0.1, -0.05) is 6.92 Å². The Morgan fingerprint density at radius 1 is 1.44 bits per heavy atom. The van der Waals surface area contributed by atoms with Crippen LogP contribution in [0.15, 0.2) is 12.4 Å². The van der Waals surface area contributed by atoms with Gasteiger partial charge < -0.3 is 10.6 Å². The van der Waals surface area contributed by atoms with Crippen molar-refractivity contribution in [2.75, 3.05) is 28.7 Å². The topological polar surface area (TPSA) is 49.8 Å². The molecule has 0 aliphatic carbocycles. The van der Waals surface area contributed by atoms with Gasteiger partial charge in [0.25, 0.3) is 0 Å². The maximum atomic E-state index is 4.48. The Balaban J connectivity index is 1.92. The molecule has 1 unspecified atom stereocenters. The van der Waals surface area contributed by atoms with Crippen LogP contribution in [0.25, 0.3) is 0 Å². The van der Waals surface area contributed by atoms with Crippen LogP contribution in [0, 0.1) is 0 Å². The van der Waals surface area contributed by atoms with Crippen LogP contribution in [0.3, 0.4) is 0 Å². The highest BCUT2D eigenvalue weighted by Gasteiger charge is 2.15. The molecule has 1 aliphatic heterocycles. The Labute approximate surface area is 101 Å². The van der Waals surface area contributed by atoms with Crippen LogP contribution in [0.2, 0.25) is 0 Å². The average molecular weight is 238 g/mol. The van der Waals surface area contributed by atoms with Crippen molar-refractivity contribution >= 4 is 23.4 Å². The molecule has 1 aromatic rings. The largest absolute Gasteiger partial charge is 0.369 e. The van der Waals surface area contributed by atoms with Crippen molar-refractivity contribution in [3.63, 3.8) is 0 Å². The van der Waals surface area contributed by atoms with E-state index in [1.807, 2.05) is 11.8 Å². The predicted molar refractivity (Wildman–Crippen MR) is 70.2 cm³/mol. The van der Waals surface area contributed by atoms with Gasteiger partial charge in [0.1, 0.15) is 11.6 Å². The normalized spacial score (nSPS) is 19.7. The lowest BCUT2D eigenvalue weighted by Gasteiger charge is -2.12. The zero-order chi connectivity index (χ0) is 11.2. The second kappa shape index (κ2) is 5.94. The maximum absolute atomic E-state index is 4.48. The molecule has 2 N–H and O–H groups in total. The number of rotatable bonds is 5. The molecule has 1 aromatic heterocycles. The van der Waals surface area contributed by atoms with Crippen molar-refractivity contribution in [2.24, 2.45) is 0 Å². The molecule has 1 atom stereocenters. The van der Waals surface area contributed by atoms with Gasteiger partial charge in [0.2, 0.25) is 0 Å². The van der Waals surface area contributed by atoms with E-state index in [1.54, 1.807) is 12.4 Å². The van der Waals surface area contributed by atoms with E-state index in [9.17, 15) is 0 Å². The van der Waals surface area contributed by atoms with Gasteiger partial charge in [-0.25, -0.2) is 4.98 Å². The zero-order valence-electron chi connectivity index (χ0n) is 9.57. The van der Waals surface area contributed by atoms with Gasteiger partial charge in [-0.3, -0.25) is 4.98 Å². The van der Waals surface area contributed by atoms with E-state index in [2.05, 4.69) is 27.5 Å². The minimum Gasteiger partial charge on any atom is -0.369 e. The number of aromatic nitrogens is 2. The molecule has 2 heterocycles. The third-order valence-corrected chi connectivity index (χ3v) is 3.63. The molecule has 2 rings (SSSR count). The maximum Gasteiger partial charge on any atom is 0.147 e. The van der Waals surface area contributed by atoms with Crippen LogP contribution < -0.4 is 10.6 Å². The summed E-state index contributed by atoms with van der Waals surface area (Å²) in [5.41, 5.74) is 0. The monoisotopic (exact) mass is 238 g/mol. The molecule has 0 saturated carbocycles. The fourth-order valence-electron chi connectivity index (χ4n) is 1.63. The third kappa shape index (κ3) is 3.27. The molecule has 5 heteroatoms. The van der Waals surface area contributed by atoms with Crippen LogP contribution in [-0.2, 0) is 0 Å². The third-order valence-electron chi connectivity index (χ3n) is 2.47. The molecule has 0 radical (unpaired) electrons. The summed E-state index contributed by atoms with van der Waals surface area (Å²) in [6.45, 7) is 3.08. The standard InChI is InChI=1S/C11H18N4S/c1-2-4-13-10-6-12-7-11(15-10)14-9-3-5-16-8-9/h6-7,9H,2-5,8H2,1H3,(H2,13,14,15). The number of thioether (sulfide) groups is 1. The highest BCUT2D eigenvalue weighted by molar-refractivity contribution is 7.99. The average Bonchev–Trinajstić information content (AvgIpc) is 2.80. The van der Waals surface area contributed by atoms with E-state index in [1.165, 1.54) is 17.9 Å². The van der Waals surface area contributed by atoms with E-state index < -0.39 is 0 Å². The van der Waals surface area contributed by atoms with Crippen LogP contribution in [0.1, 0.15) is 19.8 Å². The lowest BCUT2D eigenvalue weighted by atomic mass is 10.3. The molecular formula is C11H18N4S. The molecule has 0 spiro atoms. The van der Waals surface area contributed by atoms with Crippen molar-refractivity contribution in [3.05, 3.63) is 12.4 Å². The van der Waals surface area contributed by atoms with Crippen molar-refractivity contribution in [3.8, 4) is 0 Å². The summed E-state index contributed by atoms with van der Waals surface area (Å²) in [7, 11) is 0. The first-order chi connectivity index (χ1) is 7.88. The second-order valence-corrected chi connectivity index (χ2v) is 5.07. The minimum atomic E-state index is 0.556. The highest BCUT2D eigenvalue weighted by atomic mass is 32.2. The summed E-state index contributed by atoms with van der Waals surface area (Å²) >= 11 is 1.99. The van der Waals surface area contributed by atoms with Gasteiger partial charge in [-0.15, -0.1) is 0 Å². The first-order valence-electron chi connectivity index (χ1n) is 5.78. The van der Waals surface area contributed by atoms with Gasteiger partial charge in [-0.05, 0) is 18.6 Å². The fourth-order valence-corrected chi connectivity index (χ4v) is 2.78. The van der Waals surface area contributed by atoms with Gasteiger partial charge in [-0.2, -0.15) is 11.8 Å². The van der Waals surface area contributed by atoms with Gasteiger partial charge in [0, 0.05) is 18.3 Å². The van der Waals surface area contributed by atoms with E-state index in [0.717, 1.165) is 24.6 Å². The summed E-state index contributed by atoms with van der Waals surface area (Å²) in [5.74, 6) is 4.17. The smallest absolute Gasteiger partial charge is 0.147 e. The SMILES string of the molecule is CCCNc1cncc(NC2CCSC2)n1. The molecule has 0 bridgehead atoms. The first kappa shape index (κ1) is 11.5. The van der Waals surface area contributed by atoms with Crippen molar-refractivity contribution in [1.82, 2.24) is 9.97 Å². The number of anilines is 2. The Hall–Kier alpha value is -0.970. The molecule has 1 aliphatic rings. The van der Waals surface area contributed by atoms with E-state index in [-0.39, 0.29) is 0 Å². The Morgan fingerprint density at radius 3 is 3.06 bits per heavy atom. The van der Waals surface area contributed by atoms with Crippen LogP contribution in [0.5, 0.6) is 0 Å². The summed E-state index contributed by atoms with van der Waals surface area (Å²) in [6, 6.07) is 0.556. The molecule has 16 heavy (non-hydrogen) atoms. The minimum absolute atomic E-state index is 0.556. The lowest BCUT2D eigenvalue weighted by molar-refractivity contribution is 0.805. The zero-order valence-corrected chi connectivity index (χ0v) is 10.4. The Morgan fingerprint density at radius 2 is 2.31 bits per heavy atom. The summed E-state index contributed by atoms with van der Waals surface area (Å²) in [4.78, 5) is 8.67. The quantitative estimate of drug-likeness (QED) is 0.823. The van der Waals surface area contributed by atoms with E-state index >= 15 is 0 Å². The summed E-state index contributed by atoms with van der Waals surface area (Å²) in [6.07, 6.45) is 5.88. The van der Waals surface area contributed by atoms with Gasteiger partial charge in [0.15, 0.2) is 0 Å². The van der Waals surface area contributed by atoms with Gasteiger partial charge >= 0.3 is 0 Å². The molecule has 1 saturated heterocycles. The molecule has 88 valence electrons. The van der Waals surface area contributed by atoms with Crippen LogP contribution >= 0.6 is 11.8 Å². The highest BCUT2D eigenvalue weighted by Crippen LogP contribution is 2.20. The number of nitrogens with zero attached hydrogens (tertiary/aromatic N) is 2. The lowest BCUT2D eigenvalue weighted by Crippen LogP contribution is -2.19. The Kier molecular flexibility index (Phi) is 4.27. The first-order valence-corrected chi connectivity index (χ1v) is 6.94. The fraction of sp³-hybridized carbons (Fsp3) is 0.636.